The van der Waals surface area contributed by atoms with E-state index in [0.717, 1.165) is 17.9 Å². The summed E-state index contributed by atoms with van der Waals surface area (Å²) < 4.78 is 24.3. The van der Waals surface area contributed by atoms with Gasteiger partial charge in [-0.05, 0) is 18.2 Å². The molecule has 0 saturated carbocycles. The Balaban J connectivity index is 1.89. The molecule has 2 aromatic rings. The maximum absolute atomic E-state index is 13.7. The number of anilines is 1. The van der Waals surface area contributed by atoms with Crippen molar-refractivity contribution < 1.29 is 13.9 Å². The lowest BCUT2D eigenvalue weighted by Crippen LogP contribution is -2.30. The van der Waals surface area contributed by atoms with Gasteiger partial charge in [-0.15, -0.1) is 0 Å². The molecule has 0 aromatic heterocycles. The standard InChI is InChI=1S/C19H24FN3O2/c1-21-19(22-14-15-7-3-4-10-18(15)20)23-16-8-5-9-17(13-16)25-12-6-11-24-2/h3-5,7-10,13H,6,11-12,14H2,1-2H3,(H2,21,22,23). The van der Waals surface area contributed by atoms with Gasteiger partial charge >= 0.3 is 0 Å². The minimum Gasteiger partial charge on any atom is -0.493 e. The van der Waals surface area contributed by atoms with Crippen LogP contribution in [0.1, 0.15) is 12.0 Å². The molecule has 0 bridgehead atoms. The maximum Gasteiger partial charge on any atom is 0.195 e. The van der Waals surface area contributed by atoms with Crippen molar-refractivity contribution in [3.63, 3.8) is 0 Å². The van der Waals surface area contributed by atoms with Gasteiger partial charge in [-0.1, -0.05) is 24.3 Å². The maximum atomic E-state index is 13.7. The number of hydrogen-bond acceptors (Lipinski definition) is 3. The lowest BCUT2D eigenvalue weighted by atomic mass is 10.2. The van der Waals surface area contributed by atoms with Gasteiger partial charge in [0.05, 0.1) is 6.61 Å². The van der Waals surface area contributed by atoms with Crippen LogP contribution in [0.3, 0.4) is 0 Å². The second-order valence-electron chi connectivity index (χ2n) is 5.36. The van der Waals surface area contributed by atoms with Gasteiger partial charge in [-0.25, -0.2) is 4.39 Å². The van der Waals surface area contributed by atoms with Crippen molar-refractivity contribution >= 4 is 11.6 Å². The Labute approximate surface area is 147 Å². The molecule has 134 valence electrons. The predicted molar refractivity (Wildman–Crippen MR) is 98.7 cm³/mol. The lowest BCUT2D eigenvalue weighted by molar-refractivity contribution is 0.172. The van der Waals surface area contributed by atoms with Crippen LogP contribution in [0.15, 0.2) is 53.5 Å². The van der Waals surface area contributed by atoms with E-state index in [1.807, 2.05) is 24.3 Å². The SMILES string of the molecule is CN=C(NCc1ccccc1F)Nc1cccc(OCCCOC)c1. The number of benzene rings is 2. The molecule has 0 spiro atoms. The number of aliphatic imine (C=N–C) groups is 1. The van der Waals surface area contributed by atoms with Crippen LogP contribution >= 0.6 is 0 Å². The van der Waals surface area contributed by atoms with E-state index >= 15 is 0 Å². The van der Waals surface area contributed by atoms with Gasteiger partial charge in [0, 0.05) is 51.0 Å². The van der Waals surface area contributed by atoms with Crippen LogP contribution in [0.25, 0.3) is 0 Å². The van der Waals surface area contributed by atoms with Crippen LogP contribution in [-0.4, -0.2) is 33.3 Å². The van der Waals surface area contributed by atoms with E-state index in [1.165, 1.54) is 6.07 Å². The smallest absolute Gasteiger partial charge is 0.195 e. The van der Waals surface area contributed by atoms with Crippen molar-refractivity contribution in [2.24, 2.45) is 4.99 Å². The summed E-state index contributed by atoms with van der Waals surface area (Å²) in [5, 5.41) is 6.27. The van der Waals surface area contributed by atoms with Crippen LogP contribution in [0, 0.1) is 5.82 Å². The zero-order chi connectivity index (χ0) is 17.9. The summed E-state index contributed by atoms with van der Waals surface area (Å²) in [6.07, 6.45) is 0.833. The van der Waals surface area contributed by atoms with Gasteiger partial charge in [0.25, 0.3) is 0 Å². The Morgan fingerprint density at radius 2 is 1.96 bits per heavy atom. The van der Waals surface area contributed by atoms with Crippen molar-refractivity contribution in [1.82, 2.24) is 5.32 Å². The van der Waals surface area contributed by atoms with Gasteiger partial charge in [-0.2, -0.15) is 0 Å². The molecule has 0 heterocycles. The fraction of sp³-hybridized carbons (Fsp3) is 0.316. The van der Waals surface area contributed by atoms with Crippen molar-refractivity contribution in [3.8, 4) is 5.75 Å². The number of guanidine groups is 1. The quantitative estimate of drug-likeness (QED) is 0.437. The second kappa shape index (κ2) is 10.3. The fourth-order valence-electron chi connectivity index (χ4n) is 2.19. The van der Waals surface area contributed by atoms with E-state index in [4.69, 9.17) is 9.47 Å². The average Bonchev–Trinajstić information content (AvgIpc) is 2.64. The number of nitrogens with one attached hydrogen (secondary N) is 2. The Kier molecular flexibility index (Phi) is 7.72. The van der Waals surface area contributed by atoms with Crippen LogP contribution < -0.4 is 15.4 Å². The number of methoxy groups -OCH3 is 1. The minimum atomic E-state index is -0.239. The lowest BCUT2D eigenvalue weighted by Gasteiger charge is -2.13. The van der Waals surface area contributed by atoms with Crippen molar-refractivity contribution in [3.05, 3.63) is 59.9 Å². The molecule has 0 amide bonds. The van der Waals surface area contributed by atoms with E-state index in [9.17, 15) is 4.39 Å². The topological polar surface area (TPSA) is 54.9 Å². The van der Waals surface area contributed by atoms with Gasteiger partial charge < -0.3 is 20.1 Å². The predicted octanol–water partition coefficient (Wildman–Crippen LogP) is 3.43. The van der Waals surface area contributed by atoms with Gasteiger partial charge in [0.1, 0.15) is 11.6 Å². The van der Waals surface area contributed by atoms with E-state index < -0.39 is 0 Å². The number of halogens is 1. The van der Waals surface area contributed by atoms with E-state index in [1.54, 1.807) is 32.4 Å². The first-order valence-corrected chi connectivity index (χ1v) is 8.16. The second-order valence-corrected chi connectivity index (χ2v) is 5.36. The van der Waals surface area contributed by atoms with Crippen molar-refractivity contribution in [2.75, 3.05) is 32.7 Å². The highest BCUT2D eigenvalue weighted by molar-refractivity contribution is 5.93. The van der Waals surface area contributed by atoms with Crippen molar-refractivity contribution in [1.29, 1.82) is 0 Å². The van der Waals surface area contributed by atoms with Gasteiger partial charge in [-0.3, -0.25) is 4.99 Å². The third-order valence-electron chi connectivity index (χ3n) is 3.49. The van der Waals surface area contributed by atoms with E-state index in [2.05, 4.69) is 15.6 Å². The highest BCUT2D eigenvalue weighted by atomic mass is 19.1. The molecule has 0 unspecified atom stereocenters. The molecular formula is C19H24FN3O2. The molecule has 0 saturated heterocycles. The van der Waals surface area contributed by atoms with Gasteiger partial charge in [0.2, 0.25) is 0 Å². The molecule has 0 atom stereocenters. The van der Waals surface area contributed by atoms with Crippen LogP contribution in [0.5, 0.6) is 5.75 Å². The minimum absolute atomic E-state index is 0.239. The highest BCUT2D eigenvalue weighted by Gasteiger charge is 2.04. The highest BCUT2D eigenvalue weighted by Crippen LogP contribution is 2.17. The molecule has 2 rings (SSSR count). The normalized spacial score (nSPS) is 11.2. The van der Waals surface area contributed by atoms with Crippen LogP contribution in [0.2, 0.25) is 0 Å². The molecule has 25 heavy (non-hydrogen) atoms. The zero-order valence-corrected chi connectivity index (χ0v) is 14.6. The average molecular weight is 345 g/mol. The summed E-state index contributed by atoms with van der Waals surface area (Å²) in [7, 11) is 3.34. The molecular weight excluding hydrogens is 321 g/mol. The first-order chi connectivity index (χ1) is 12.2. The largest absolute Gasteiger partial charge is 0.493 e. The molecule has 0 radical (unpaired) electrons. The Morgan fingerprint density at radius 1 is 1.12 bits per heavy atom. The van der Waals surface area contributed by atoms with E-state index in [0.29, 0.717) is 31.3 Å². The summed E-state index contributed by atoms with van der Waals surface area (Å²) in [4.78, 5) is 4.16. The molecule has 6 heteroatoms. The first kappa shape index (κ1) is 18.7. The molecule has 0 aliphatic rings. The summed E-state index contributed by atoms with van der Waals surface area (Å²) in [6.45, 7) is 1.61. The van der Waals surface area contributed by atoms with E-state index in [-0.39, 0.29) is 5.82 Å². The van der Waals surface area contributed by atoms with Crippen LogP contribution in [-0.2, 0) is 11.3 Å². The molecule has 0 aliphatic heterocycles. The third-order valence-corrected chi connectivity index (χ3v) is 3.49. The summed E-state index contributed by atoms with van der Waals surface area (Å²) in [5.41, 5.74) is 1.42. The number of ether oxygens (including phenoxy) is 2. The Bertz CT molecular complexity index is 692. The Morgan fingerprint density at radius 3 is 2.72 bits per heavy atom. The van der Waals surface area contributed by atoms with Gasteiger partial charge in [0.15, 0.2) is 5.96 Å². The molecule has 0 fully saturated rings. The van der Waals surface area contributed by atoms with Crippen LogP contribution in [0.4, 0.5) is 10.1 Å². The zero-order valence-electron chi connectivity index (χ0n) is 14.6. The molecule has 2 N–H and O–H groups in total. The number of rotatable bonds is 8. The number of hydrogen-bond donors (Lipinski definition) is 2. The van der Waals surface area contributed by atoms with Crippen molar-refractivity contribution in [2.45, 2.75) is 13.0 Å². The third kappa shape index (κ3) is 6.43. The molecule has 2 aromatic carbocycles. The molecule has 0 aliphatic carbocycles. The summed E-state index contributed by atoms with van der Waals surface area (Å²) >= 11 is 0. The summed E-state index contributed by atoms with van der Waals surface area (Å²) in [6, 6.07) is 14.3. The molecule has 5 nitrogen and oxygen atoms in total. The Hall–Kier alpha value is -2.60. The monoisotopic (exact) mass is 345 g/mol. The fourth-order valence-corrected chi connectivity index (χ4v) is 2.19. The first-order valence-electron chi connectivity index (χ1n) is 8.16. The number of nitrogens with zero attached hydrogens (tertiary/aromatic N) is 1. The summed E-state index contributed by atoms with van der Waals surface area (Å²) in [5.74, 6) is 1.09.